The first-order chi connectivity index (χ1) is 8.25. The molecule has 1 atom stereocenters. The van der Waals surface area contributed by atoms with E-state index in [-0.39, 0.29) is 0 Å². The first-order valence-corrected chi connectivity index (χ1v) is 6.35. The summed E-state index contributed by atoms with van der Waals surface area (Å²) < 4.78 is 5.25. The summed E-state index contributed by atoms with van der Waals surface area (Å²) in [4.78, 5) is 0. The highest BCUT2D eigenvalue weighted by Gasteiger charge is 2.33. The van der Waals surface area contributed by atoms with Crippen LogP contribution in [-0.2, 0) is 17.6 Å². The van der Waals surface area contributed by atoms with Gasteiger partial charge in [0.05, 0.1) is 6.61 Å². The molecule has 1 aromatic rings. The first kappa shape index (κ1) is 11.2. The Bertz CT molecular complexity index is 374. The van der Waals surface area contributed by atoms with E-state index in [1.165, 1.54) is 11.1 Å². The van der Waals surface area contributed by atoms with E-state index < -0.39 is 5.60 Å². The normalized spacial score (nSPS) is 28.5. The highest BCUT2D eigenvalue weighted by atomic mass is 16.5. The SMILES string of the molecule is OC1(CNC2Cc3ccccc3C2)CCOC1. The lowest BCUT2D eigenvalue weighted by atomic mass is 10.0. The Morgan fingerprint density at radius 2 is 2.00 bits per heavy atom. The standard InChI is InChI=1S/C14H19NO2/c16-14(5-6-17-10-14)9-15-13-7-11-3-1-2-4-12(11)8-13/h1-4,13,15-16H,5-10H2. The van der Waals surface area contributed by atoms with E-state index in [4.69, 9.17) is 4.74 Å². The van der Waals surface area contributed by atoms with E-state index in [1.807, 2.05) is 0 Å². The van der Waals surface area contributed by atoms with Gasteiger partial charge in [-0.2, -0.15) is 0 Å². The summed E-state index contributed by atoms with van der Waals surface area (Å²) in [5, 5.41) is 13.7. The number of benzene rings is 1. The van der Waals surface area contributed by atoms with Crippen LogP contribution in [0.5, 0.6) is 0 Å². The number of fused-ring (bicyclic) bond motifs is 1. The fraction of sp³-hybridized carbons (Fsp3) is 0.571. The third-order valence-corrected chi connectivity index (χ3v) is 3.85. The van der Waals surface area contributed by atoms with Crippen molar-refractivity contribution in [2.45, 2.75) is 30.9 Å². The molecule has 17 heavy (non-hydrogen) atoms. The van der Waals surface area contributed by atoms with Gasteiger partial charge in [-0.05, 0) is 24.0 Å². The van der Waals surface area contributed by atoms with Gasteiger partial charge in [-0.3, -0.25) is 0 Å². The minimum atomic E-state index is -0.644. The minimum Gasteiger partial charge on any atom is -0.386 e. The van der Waals surface area contributed by atoms with Gasteiger partial charge in [0.2, 0.25) is 0 Å². The van der Waals surface area contributed by atoms with Gasteiger partial charge in [0.15, 0.2) is 0 Å². The van der Waals surface area contributed by atoms with Crippen LogP contribution in [0.4, 0.5) is 0 Å². The number of hydrogen-bond acceptors (Lipinski definition) is 3. The van der Waals surface area contributed by atoms with Crippen molar-refractivity contribution in [3.05, 3.63) is 35.4 Å². The topological polar surface area (TPSA) is 41.5 Å². The van der Waals surface area contributed by atoms with E-state index in [9.17, 15) is 5.11 Å². The zero-order valence-corrected chi connectivity index (χ0v) is 9.98. The Labute approximate surface area is 102 Å². The molecule has 1 aliphatic carbocycles. The fourth-order valence-electron chi connectivity index (χ4n) is 2.77. The van der Waals surface area contributed by atoms with Crippen molar-refractivity contribution < 1.29 is 9.84 Å². The molecule has 0 aromatic heterocycles. The molecule has 0 radical (unpaired) electrons. The molecule has 3 heteroatoms. The average Bonchev–Trinajstić information content (AvgIpc) is 2.93. The second kappa shape index (κ2) is 4.41. The largest absolute Gasteiger partial charge is 0.386 e. The van der Waals surface area contributed by atoms with Crippen molar-refractivity contribution in [2.75, 3.05) is 19.8 Å². The quantitative estimate of drug-likeness (QED) is 0.815. The molecule has 2 N–H and O–H groups in total. The third-order valence-electron chi connectivity index (χ3n) is 3.85. The molecule has 1 fully saturated rings. The third kappa shape index (κ3) is 2.37. The van der Waals surface area contributed by atoms with Crippen LogP contribution in [0.1, 0.15) is 17.5 Å². The number of rotatable bonds is 3. The number of hydrogen-bond donors (Lipinski definition) is 2. The molecule has 1 unspecified atom stereocenters. The summed E-state index contributed by atoms with van der Waals surface area (Å²) in [6, 6.07) is 9.06. The van der Waals surface area contributed by atoms with Crippen molar-refractivity contribution in [3.63, 3.8) is 0 Å². The maximum Gasteiger partial charge on any atom is 0.102 e. The number of ether oxygens (including phenoxy) is 1. The van der Waals surface area contributed by atoms with Gasteiger partial charge < -0.3 is 15.2 Å². The minimum absolute atomic E-state index is 0.469. The summed E-state index contributed by atoms with van der Waals surface area (Å²) in [6.07, 6.45) is 2.90. The van der Waals surface area contributed by atoms with Crippen LogP contribution >= 0.6 is 0 Å². The molecule has 0 bridgehead atoms. The van der Waals surface area contributed by atoms with Crippen molar-refractivity contribution in [3.8, 4) is 0 Å². The highest BCUT2D eigenvalue weighted by Crippen LogP contribution is 2.23. The smallest absolute Gasteiger partial charge is 0.102 e. The van der Waals surface area contributed by atoms with E-state index >= 15 is 0 Å². The second-order valence-corrected chi connectivity index (χ2v) is 5.28. The van der Waals surface area contributed by atoms with E-state index in [2.05, 4.69) is 29.6 Å². The maximum atomic E-state index is 10.2. The van der Waals surface area contributed by atoms with Gasteiger partial charge in [-0.1, -0.05) is 24.3 Å². The fourth-order valence-corrected chi connectivity index (χ4v) is 2.77. The highest BCUT2D eigenvalue weighted by molar-refractivity contribution is 5.33. The Morgan fingerprint density at radius 1 is 1.29 bits per heavy atom. The lowest BCUT2D eigenvalue weighted by Gasteiger charge is -2.23. The second-order valence-electron chi connectivity index (χ2n) is 5.28. The molecule has 1 heterocycles. The van der Waals surface area contributed by atoms with Crippen LogP contribution < -0.4 is 5.32 Å². The molecule has 2 aliphatic rings. The molecule has 0 spiro atoms. The van der Waals surface area contributed by atoms with E-state index in [0.717, 1.165) is 19.3 Å². The lowest BCUT2D eigenvalue weighted by molar-refractivity contribution is 0.0250. The van der Waals surface area contributed by atoms with Crippen molar-refractivity contribution in [1.82, 2.24) is 5.32 Å². The van der Waals surface area contributed by atoms with E-state index in [1.54, 1.807) is 0 Å². The summed E-state index contributed by atoms with van der Waals surface area (Å²) in [5.74, 6) is 0. The molecule has 92 valence electrons. The number of aliphatic hydroxyl groups is 1. The van der Waals surface area contributed by atoms with Crippen molar-refractivity contribution >= 4 is 0 Å². The Morgan fingerprint density at radius 3 is 2.59 bits per heavy atom. The van der Waals surface area contributed by atoms with Crippen LogP contribution in [0.15, 0.2) is 24.3 Å². The summed E-state index contributed by atoms with van der Waals surface area (Å²) in [5.41, 5.74) is 2.24. The average molecular weight is 233 g/mol. The van der Waals surface area contributed by atoms with Crippen LogP contribution in [0, 0.1) is 0 Å². The molecule has 0 saturated carbocycles. The number of nitrogens with one attached hydrogen (secondary N) is 1. The van der Waals surface area contributed by atoms with Gasteiger partial charge >= 0.3 is 0 Å². The Hall–Kier alpha value is -0.900. The maximum absolute atomic E-state index is 10.2. The predicted molar refractivity (Wildman–Crippen MR) is 66.0 cm³/mol. The van der Waals surface area contributed by atoms with Gasteiger partial charge in [-0.25, -0.2) is 0 Å². The lowest BCUT2D eigenvalue weighted by Crippen LogP contribution is -2.45. The van der Waals surface area contributed by atoms with Gasteiger partial charge in [-0.15, -0.1) is 0 Å². The van der Waals surface area contributed by atoms with Gasteiger partial charge in [0.1, 0.15) is 5.60 Å². The molecule has 1 aliphatic heterocycles. The zero-order valence-electron chi connectivity index (χ0n) is 9.98. The van der Waals surface area contributed by atoms with Gasteiger partial charge in [0.25, 0.3) is 0 Å². The Balaban J connectivity index is 1.55. The molecule has 1 saturated heterocycles. The van der Waals surface area contributed by atoms with Gasteiger partial charge in [0, 0.05) is 25.6 Å². The molecule has 3 rings (SSSR count). The van der Waals surface area contributed by atoms with Crippen LogP contribution in [0.25, 0.3) is 0 Å². The van der Waals surface area contributed by atoms with E-state index in [0.29, 0.717) is 25.8 Å². The molecule has 3 nitrogen and oxygen atoms in total. The Kier molecular flexibility index (Phi) is 2.90. The summed E-state index contributed by atoms with van der Waals surface area (Å²) >= 11 is 0. The zero-order chi connectivity index (χ0) is 11.7. The molecule has 1 aromatic carbocycles. The monoisotopic (exact) mass is 233 g/mol. The van der Waals surface area contributed by atoms with Crippen molar-refractivity contribution in [1.29, 1.82) is 0 Å². The molecular weight excluding hydrogens is 214 g/mol. The van der Waals surface area contributed by atoms with Crippen LogP contribution in [0.3, 0.4) is 0 Å². The molecule has 0 amide bonds. The van der Waals surface area contributed by atoms with Crippen LogP contribution in [-0.4, -0.2) is 36.5 Å². The summed E-state index contributed by atoms with van der Waals surface area (Å²) in [6.45, 7) is 1.80. The van der Waals surface area contributed by atoms with Crippen molar-refractivity contribution in [2.24, 2.45) is 0 Å². The first-order valence-electron chi connectivity index (χ1n) is 6.35. The predicted octanol–water partition coefficient (Wildman–Crippen LogP) is 0.895. The summed E-state index contributed by atoms with van der Waals surface area (Å²) in [7, 11) is 0. The molecular formula is C14H19NO2. The van der Waals surface area contributed by atoms with Crippen LogP contribution in [0.2, 0.25) is 0 Å².